The molecule has 0 aliphatic rings. The van der Waals surface area contributed by atoms with Crippen LogP contribution in [0.1, 0.15) is 26.3 Å². The second-order valence-corrected chi connectivity index (χ2v) is 2.70. The minimum absolute atomic E-state index is 0.650. The van der Waals surface area contributed by atoms with Crippen LogP contribution in [0.3, 0.4) is 0 Å². The summed E-state index contributed by atoms with van der Waals surface area (Å²) in [5.41, 5.74) is 1.12. The van der Waals surface area contributed by atoms with Crippen molar-refractivity contribution in [3.63, 3.8) is 0 Å². The first kappa shape index (κ1) is 12.5. The molecule has 0 aliphatic heterocycles. The number of hydrogen-bond donors (Lipinski definition) is 0. The number of hydrogen-bond acceptors (Lipinski definition) is 1. The topological polar surface area (TPSA) is 9.23 Å². The average molecular weight is 201 g/mol. The van der Waals surface area contributed by atoms with E-state index in [1.807, 2.05) is 45.0 Å². The van der Waals surface area contributed by atoms with Gasteiger partial charge in [0.05, 0.1) is 6.61 Å². The Morgan fingerprint density at radius 2 is 2.00 bits per heavy atom. The van der Waals surface area contributed by atoms with Crippen LogP contribution in [-0.4, -0.2) is 6.61 Å². The minimum atomic E-state index is 0.650. The maximum Gasteiger partial charge on any atom is 0.0717 e. The number of benzene rings is 1. The molecular formula is C11H17ClO. The molecule has 0 aliphatic carbocycles. The highest BCUT2D eigenvalue weighted by atomic mass is 35.5. The van der Waals surface area contributed by atoms with E-state index in [9.17, 15) is 0 Å². The maximum atomic E-state index is 5.77. The monoisotopic (exact) mass is 200 g/mol. The normalized spacial score (nSPS) is 8.92. The second kappa shape index (κ2) is 8.09. The summed E-state index contributed by atoms with van der Waals surface area (Å²) >= 11 is 5.77. The molecule has 74 valence electrons. The highest BCUT2D eigenvalue weighted by Crippen LogP contribution is 2.10. The van der Waals surface area contributed by atoms with Crippen LogP contribution in [0.4, 0.5) is 0 Å². The Kier molecular flexibility index (Phi) is 7.76. The molecule has 0 atom stereocenters. The first-order valence-electron chi connectivity index (χ1n) is 4.65. The molecule has 1 aromatic rings. The van der Waals surface area contributed by atoms with Gasteiger partial charge in [-0.05, 0) is 24.6 Å². The Hall–Kier alpha value is -0.530. The van der Waals surface area contributed by atoms with Gasteiger partial charge in [0.1, 0.15) is 0 Å². The van der Waals surface area contributed by atoms with Crippen molar-refractivity contribution < 1.29 is 4.74 Å². The van der Waals surface area contributed by atoms with Gasteiger partial charge >= 0.3 is 0 Å². The molecule has 0 heterocycles. The van der Waals surface area contributed by atoms with Crippen LogP contribution in [0.25, 0.3) is 0 Å². The molecule has 1 rings (SSSR count). The summed E-state index contributed by atoms with van der Waals surface area (Å²) in [6.45, 7) is 7.37. The predicted molar refractivity (Wildman–Crippen MR) is 58.1 cm³/mol. The van der Waals surface area contributed by atoms with E-state index < -0.39 is 0 Å². The van der Waals surface area contributed by atoms with Crippen molar-refractivity contribution in [1.29, 1.82) is 0 Å². The molecular weight excluding hydrogens is 184 g/mol. The van der Waals surface area contributed by atoms with Crippen molar-refractivity contribution in [3.8, 4) is 0 Å². The minimum Gasteiger partial charge on any atom is -0.377 e. The zero-order chi connectivity index (χ0) is 10.1. The van der Waals surface area contributed by atoms with Crippen LogP contribution < -0.4 is 0 Å². The summed E-state index contributed by atoms with van der Waals surface area (Å²) in [7, 11) is 0. The van der Waals surface area contributed by atoms with Gasteiger partial charge in [-0.15, -0.1) is 0 Å². The Morgan fingerprint density at radius 3 is 2.54 bits per heavy atom. The zero-order valence-corrected chi connectivity index (χ0v) is 9.27. The van der Waals surface area contributed by atoms with Gasteiger partial charge in [0.2, 0.25) is 0 Å². The van der Waals surface area contributed by atoms with Crippen molar-refractivity contribution in [2.24, 2.45) is 0 Å². The molecule has 2 heteroatoms. The van der Waals surface area contributed by atoms with Crippen LogP contribution in [0.15, 0.2) is 24.3 Å². The van der Waals surface area contributed by atoms with Crippen LogP contribution in [0.5, 0.6) is 0 Å². The Labute approximate surface area is 85.7 Å². The van der Waals surface area contributed by atoms with E-state index in [1.165, 1.54) is 0 Å². The molecule has 0 saturated carbocycles. The molecule has 0 radical (unpaired) electrons. The van der Waals surface area contributed by atoms with Gasteiger partial charge < -0.3 is 4.74 Å². The van der Waals surface area contributed by atoms with Crippen LogP contribution >= 0.6 is 11.6 Å². The SMILES string of the molecule is CC.CCOCc1cccc(Cl)c1. The van der Waals surface area contributed by atoms with Gasteiger partial charge in [0.25, 0.3) is 0 Å². The molecule has 0 amide bonds. The third-order valence-electron chi connectivity index (χ3n) is 1.36. The van der Waals surface area contributed by atoms with E-state index >= 15 is 0 Å². The molecule has 0 bridgehead atoms. The van der Waals surface area contributed by atoms with Crippen molar-refractivity contribution >= 4 is 11.6 Å². The maximum absolute atomic E-state index is 5.77. The molecule has 0 saturated heterocycles. The van der Waals surface area contributed by atoms with Gasteiger partial charge in [0, 0.05) is 11.6 Å². The fourth-order valence-electron chi connectivity index (χ4n) is 0.847. The van der Waals surface area contributed by atoms with Crippen molar-refractivity contribution in [2.75, 3.05) is 6.61 Å². The summed E-state index contributed by atoms with van der Waals surface area (Å²) in [6.07, 6.45) is 0. The van der Waals surface area contributed by atoms with Crippen molar-refractivity contribution in [3.05, 3.63) is 34.9 Å². The largest absolute Gasteiger partial charge is 0.377 e. The summed E-state index contributed by atoms with van der Waals surface area (Å²) in [5.74, 6) is 0. The molecule has 0 aromatic heterocycles. The Balaban J connectivity index is 0.000000671. The fourth-order valence-corrected chi connectivity index (χ4v) is 1.06. The molecule has 0 unspecified atom stereocenters. The van der Waals surface area contributed by atoms with E-state index in [-0.39, 0.29) is 0 Å². The number of halogens is 1. The average Bonchev–Trinajstić information content (AvgIpc) is 2.18. The number of ether oxygens (including phenoxy) is 1. The number of rotatable bonds is 3. The van der Waals surface area contributed by atoms with Gasteiger partial charge in [-0.2, -0.15) is 0 Å². The third kappa shape index (κ3) is 5.67. The van der Waals surface area contributed by atoms with E-state index in [4.69, 9.17) is 16.3 Å². The van der Waals surface area contributed by atoms with Crippen molar-refractivity contribution in [2.45, 2.75) is 27.4 Å². The lowest BCUT2D eigenvalue weighted by Gasteiger charge is -2.00. The summed E-state index contributed by atoms with van der Waals surface area (Å²) in [5, 5.41) is 0.766. The second-order valence-electron chi connectivity index (χ2n) is 2.27. The third-order valence-corrected chi connectivity index (χ3v) is 1.60. The summed E-state index contributed by atoms with van der Waals surface area (Å²) < 4.78 is 5.22. The lowest BCUT2D eigenvalue weighted by atomic mass is 10.2. The van der Waals surface area contributed by atoms with Gasteiger partial charge in [-0.1, -0.05) is 37.6 Å². The standard InChI is InChI=1S/C9H11ClO.C2H6/c1-2-11-7-8-4-3-5-9(10)6-8;1-2/h3-6H,2,7H2,1H3;1-2H3. The van der Waals surface area contributed by atoms with Crippen LogP contribution in [0, 0.1) is 0 Å². The molecule has 0 N–H and O–H groups in total. The van der Waals surface area contributed by atoms with E-state index in [1.54, 1.807) is 0 Å². The fraction of sp³-hybridized carbons (Fsp3) is 0.455. The predicted octanol–water partition coefficient (Wildman–Crippen LogP) is 3.90. The van der Waals surface area contributed by atoms with E-state index in [0.717, 1.165) is 17.2 Å². The first-order chi connectivity index (χ1) is 6.33. The Morgan fingerprint density at radius 1 is 1.31 bits per heavy atom. The molecule has 13 heavy (non-hydrogen) atoms. The van der Waals surface area contributed by atoms with E-state index in [2.05, 4.69) is 0 Å². The molecule has 1 aromatic carbocycles. The summed E-state index contributed by atoms with van der Waals surface area (Å²) in [4.78, 5) is 0. The highest BCUT2D eigenvalue weighted by molar-refractivity contribution is 6.30. The Bertz CT molecular complexity index is 223. The van der Waals surface area contributed by atoms with Gasteiger partial charge in [-0.3, -0.25) is 0 Å². The lowest BCUT2D eigenvalue weighted by molar-refractivity contribution is 0.134. The van der Waals surface area contributed by atoms with E-state index in [0.29, 0.717) is 6.61 Å². The summed E-state index contributed by atoms with van der Waals surface area (Å²) in [6, 6.07) is 7.70. The van der Waals surface area contributed by atoms with Crippen molar-refractivity contribution in [1.82, 2.24) is 0 Å². The molecule has 0 spiro atoms. The van der Waals surface area contributed by atoms with Crippen LogP contribution in [0.2, 0.25) is 5.02 Å². The quantitative estimate of drug-likeness (QED) is 0.719. The molecule has 1 nitrogen and oxygen atoms in total. The lowest BCUT2D eigenvalue weighted by Crippen LogP contribution is -1.90. The highest BCUT2D eigenvalue weighted by Gasteiger charge is 1.91. The zero-order valence-electron chi connectivity index (χ0n) is 8.51. The molecule has 0 fully saturated rings. The van der Waals surface area contributed by atoms with Gasteiger partial charge in [0.15, 0.2) is 0 Å². The first-order valence-corrected chi connectivity index (χ1v) is 5.03. The van der Waals surface area contributed by atoms with Crippen LogP contribution in [-0.2, 0) is 11.3 Å². The smallest absolute Gasteiger partial charge is 0.0717 e. The van der Waals surface area contributed by atoms with Gasteiger partial charge in [-0.25, -0.2) is 0 Å².